The Morgan fingerprint density at radius 1 is 0.941 bits per heavy atom. The molecule has 94 valence electrons. The van der Waals surface area contributed by atoms with E-state index in [1.807, 2.05) is 13.8 Å². The van der Waals surface area contributed by atoms with Gasteiger partial charge in [0.15, 0.2) is 0 Å². The number of carboxylic acids is 2. The van der Waals surface area contributed by atoms with Gasteiger partial charge >= 0.3 is 11.9 Å². The summed E-state index contributed by atoms with van der Waals surface area (Å²) in [4.78, 5) is 22.2. The molecule has 0 saturated heterocycles. The van der Waals surface area contributed by atoms with Gasteiger partial charge in [-0.05, 0) is 12.8 Å². The number of carbonyl (C=O) groups is 2. The highest BCUT2D eigenvalue weighted by molar-refractivity contribution is 6.03. The van der Waals surface area contributed by atoms with Gasteiger partial charge in [0.1, 0.15) is 22.6 Å². The fourth-order valence-corrected chi connectivity index (χ4v) is 1.79. The Kier molecular flexibility index (Phi) is 4.31. The predicted octanol–water partition coefficient (Wildman–Crippen LogP) is 2.58. The van der Waals surface area contributed by atoms with E-state index in [1.54, 1.807) is 0 Å². The largest absolute Gasteiger partial charge is 0.478 e. The molecule has 0 spiro atoms. The molecule has 2 N–H and O–H groups in total. The summed E-state index contributed by atoms with van der Waals surface area (Å²) < 4.78 is 5.39. The summed E-state index contributed by atoms with van der Waals surface area (Å²) in [6.07, 6.45) is 2.29. The molecular formula is C12H16O5. The Balaban J connectivity index is 3.37. The van der Waals surface area contributed by atoms with Crippen LogP contribution in [-0.4, -0.2) is 22.2 Å². The number of carboxylic acid groups (broad SMARTS) is 2. The molecule has 0 radical (unpaired) electrons. The lowest BCUT2D eigenvalue weighted by Crippen LogP contribution is -2.09. The van der Waals surface area contributed by atoms with Gasteiger partial charge < -0.3 is 14.6 Å². The molecule has 0 saturated carbocycles. The minimum atomic E-state index is -1.24. The first-order valence-corrected chi connectivity index (χ1v) is 5.64. The molecule has 0 fully saturated rings. The van der Waals surface area contributed by atoms with Gasteiger partial charge in [-0.3, -0.25) is 0 Å². The van der Waals surface area contributed by atoms with E-state index in [1.165, 1.54) is 0 Å². The molecule has 1 aromatic rings. The van der Waals surface area contributed by atoms with E-state index in [-0.39, 0.29) is 22.6 Å². The lowest BCUT2D eigenvalue weighted by atomic mass is 10.0. The summed E-state index contributed by atoms with van der Waals surface area (Å²) in [7, 11) is 0. The summed E-state index contributed by atoms with van der Waals surface area (Å²) in [5.41, 5.74) is -0.384. The zero-order chi connectivity index (χ0) is 13.0. The zero-order valence-corrected chi connectivity index (χ0v) is 9.95. The minimum absolute atomic E-state index is 0.192. The van der Waals surface area contributed by atoms with E-state index < -0.39 is 11.9 Å². The maximum Gasteiger partial charge on any atom is 0.340 e. The van der Waals surface area contributed by atoms with Crippen molar-refractivity contribution in [1.29, 1.82) is 0 Å². The van der Waals surface area contributed by atoms with Crippen molar-refractivity contribution in [1.82, 2.24) is 0 Å². The monoisotopic (exact) mass is 240 g/mol. The number of hydrogen-bond acceptors (Lipinski definition) is 3. The van der Waals surface area contributed by atoms with E-state index in [0.29, 0.717) is 25.7 Å². The number of furan rings is 1. The van der Waals surface area contributed by atoms with Crippen LogP contribution in [-0.2, 0) is 12.8 Å². The van der Waals surface area contributed by atoms with Crippen molar-refractivity contribution >= 4 is 11.9 Å². The van der Waals surface area contributed by atoms with Gasteiger partial charge in [0, 0.05) is 12.8 Å². The van der Waals surface area contributed by atoms with Crippen molar-refractivity contribution in [2.75, 3.05) is 0 Å². The smallest absolute Gasteiger partial charge is 0.340 e. The summed E-state index contributed by atoms with van der Waals surface area (Å²) in [5, 5.41) is 18.2. The average Bonchev–Trinajstić information content (AvgIpc) is 2.58. The molecule has 0 bridgehead atoms. The standard InChI is InChI=1S/C12H16O5/c1-3-5-7-9(11(13)14)10(12(15)16)8(17-7)6-4-2/h3-6H2,1-2H3,(H,13,14)(H,15,16). The Bertz CT molecular complexity index is 392. The Morgan fingerprint density at radius 2 is 1.29 bits per heavy atom. The predicted molar refractivity (Wildman–Crippen MR) is 60.6 cm³/mol. The molecule has 1 rings (SSSR count). The molecule has 0 aliphatic rings. The Labute approximate surface area is 99.1 Å². The second-order valence-corrected chi connectivity index (χ2v) is 3.81. The SMILES string of the molecule is CCCc1oc(CCC)c(C(=O)O)c1C(=O)O. The van der Waals surface area contributed by atoms with Crippen LogP contribution in [0.2, 0.25) is 0 Å². The maximum atomic E-state index is 11.1. The first-order chi connectivity index (χ1) is 8.02. The molecule has 5 nitrogen and oxygen atoms in total. The maximum absolute atomic E-state index is 11.1. The van der Waals surface area contributed by atoms with Crippen molar-refractivity contribution in [2.45, 2.75) is 39.5 Å². The molecular weight excluding hydrogens is 224 g/mol. The lowest BCUT2D eigenvalue weighted by Gasteiger charge is -1.96. The fraction of sp³-hybridized carbons (Fsp3) is 0.500. The highest BCUT2D eigenvalue weighted by Crippen LogP contribution is 2.25. The average molecular weight is 240 g/mol. The molecule has 1 heterocycles. The number of aryl methyl sites for hydroxylation is 2. The second-order valence-electron chi connectivity index (χ2n) is 3.81. The third-order valence-corrected chi connectivity index (χ3v) is 2.44. The van der Waals surface area contributed by atoms with E-state index in [2.05, 4.69) is 0 Å². The Hall–Kier alpha value is -1.78. The molecule has 1 aromatic heterocycles. The van der Waals surface area contributed by atoms with Crippen molar-refractivity contribution in [3.8, 4) is 0 Å². The Morgan fingerprint density at radius 3 is 1.53 bits per heavy atom. The van der Waals surface area contributed by atoms with Gasteiger partial charge in [-0.2, -0.15) is 0 Å². The van der Waals surface area contributed by atoms with Gasteiger partial charge in [0.25, 0.3) is 0 Å². The van der Waals surface area contributed by atoms with Crippen LogP contribution in [0, 0.1) is 0 Å². The third kappa shape index (κ3) is 2.67. The zero-order valence-electron chi connectivity index (χ0n) is 9.95. The van der Waals surface area contributed by atoms with Crippen LogP contribution < -0.4 is 0 Å². The molecule has 0 aromatic carbocycles. The van der Waals surface area contributed by atoms with Crippen LogP contribution in [0.5, 0.6) is 0 Å². The van der Waals surface area contributed by atoms with E-state index >= 15 is 0 Å². The lowest BCUT2D eigenvalue weighted by molar-refractivity contribution is 0.0651. The molecule has 0 aliphatic heterocycles. The first-order valence-electron chi connectivity index (χ1n) is 5.64. The molecule has 0 atom stereocenters. The molecule has 0 unspecified atom stereocenters. The van der Waals surface area contributed by atoms with Gasteiger partial charge in [0.05, 0.1) is 0 Å². The number of rotatable bonds is 6. The highest BCUT2D eigenvalue weighted by atomic mass is 16.4. The third-order valence-electron chi connectivity index (χ3n) is 2.44. The second kappa shape index (κ2) is 5.52. The number of aromatic carboxylic acids is 2. The van der Waals surface area contributed by atoms with Crippen LogP contribution in [0.1, 0.15) is 58.9 Å². The highest BCUT2D eigenvalue weighted by Gasteiger charge is 2.28. The summed E-state index contributed by atoms with van der Waals surface area (Å²) in [6, 6.07) is 0. The summed E-state index contributed by atoms with van der Waals surface area (Å²) in [5.74, 6) is -1.95. The van der Waals surface area contributed by atoms with E-state index in [9.17, 15) is 9.59 Å². The first kappa shape index (κ1) is 13.3. The van der Waals surface area contributed by atoms with Crippen LogP contribution in [0.25, 0.3) is 0 Å². The normalized spacial score (nSPS) is 10.5. The molecule has 5 heteroatoms. The van der Waals surface area contributed by atoms with Crippen LogP contribution in [0.4, 0.5) is 0 Å². The van der Waals surface area contributed by atoms with E-state index in [4.69, 9.17) is 14.6 Å². The van der Waals surface area contributed by atoms with Gasteiger partial charge in [-0.25, -0.2) is 9.59 Å². The molecule has 0 aliphatic carbocycles. The van der Waals surface area contributed by atoms with Crippen molar-refractivity contribution < 1.29 is 24.2 Å². The van der Waals surface area contributed by atoms with Crippen LogP contribution >= 0.6 is 0 Å². The minimum Gasteiger partial charge on any atom is -0.478 e. The quantitative estimate of drug-likeness (QED) is 0.797. The molecule has 17 heavy (non-hydrogen) atoms. The number of hydrogen-bond donors (Lipinski definition) is 2. The van der Waals surface area contributed by atoms with Crippen molar-refractivity contribution in [3.05, 3.63) is 22.6 Å². The van der Waals surface area contributed by atoms with Gasteiger partial charge in [-0.1, -0.05) is 13.8 Å². The molecule has 0 amide bonds. The van der Waals surface area contributed by atoms with Crippen LogP contribution in [0.3, 0.4) is 0 Å². The summed E-state index contributed by atoms with van der Waals surface area (Å²) >= 11 is 0. The van der Waals surface area contributed by atoms with Gasteiger partial charge in [0.2, 0.25) is 0 Å². The fourth-order valence-electron chi connectivity index (χ4n) is 1.79. The topological polar surface area (TPSA) is 87.7 Å². The van der Waals surface area contributed by atoms with Gasteiger partial charge in [-0.15, -0.1) is 0 Å². The van der Waals surface area contributed by atoms with Crippen molar-refractivity contribution in [3.63, 3.8) is 0 Å². The summed E-state index contributed by atoms with van der Waals surface area (Å²) in [6.45, 7) is 3.77. The van der Waals surface area contributed by atoms with Crippen LogP contribution in [0.15, 0.2) is 4.42 Å². The van der Waals surface area contributed by atoms with Crippen molar-refractivity contribution in [2.24, 2.45) is 0 Å². The van der Waals surface area contributed by atoms with E-state index in [0.717, 1.165) is 0 Å².